The molecular weight excluding hydrogens is 384 g/mol. The smallest absolute Gasteiger partial charge is 0.228 e. The van der Waals surface area contributed by atoms with Crippen molar-refractivity contribution < 1.29 is 9.59 Å². The third kappa shape index (κ3) is 5.03. The van der Waals surface area contributed by atoms with E-state index in [4.69, 9.17) is 0 Å². The predicted molar refractivity (Wildman–Crippen MR) is 115 cm³/mol. The van der Waals surface area contributed by atoms with Gasteiger partial charge in [0.15, 0.2) is 0 Å². The Kier molecular flexibility index (Phi) is 6.25. The van der Waals surface area contributed by atoms with Crippen molar-refractivity contribution >= 4 is 29.0 Å². The number of likely N-dealkylation sites (tertiary alicyclic amines) is 1. The van der Waals surface area contributed by atoms with Gasteiger partial charge in [-0.15, -0.1) is 11.3 Å². The first kappa shape index (κ1) is 20.0. The van der Waals surface area contributed by atoms with E-state index in [0.717, 1.165) is 57.5 Å². The Morgan fingerprint density at radius 2 is 2.07 bits per heavy atom. The van der Waals surface area contributed by atoms with Crippen LogP contribution in [0.25, 0.3) is 0 Å². The van der Waals surface area contributed by atoms with Gasteiger partial charge < -0.3 is 15.1 Å². The van der Waals surface area contributed by atoms with Crippen molar-refractivity contribution in [2.24, 2.45) is 5.92 Å². The number of aromatic nitrogens is 1. The lowest BCUT2D eigenvalue weighted by Gasteiger charge is -2.32. The summed E-state index contributed by atoms with van der Waals surface area (Å²) >= 11 is 1.80. The summed E-state index contributed by atoms with van der Waals surface area (Å²) in [5, 5.41) is 5.06. The molecule has 0 saturated carbocycles. The number of aryl methyl sites for hydroxylation is 1. The van der Waals surface area contributed by atoms with Crippen LogP contribution in [0.5, 0.6) is 0 Å². The summed E-state index contributed by atoms with van der Waals surface area (Å²) in [5.74, 6) is 0.938. The van der Waals surface area contributed by atoms with Gasteiger partial charge in [-0.05, 0) is 74.0 Å². The van der Waals surface area contributed by atoms with Gasteiger partial charge >= 0.3 is 0 Å². The number of rotatable bonds is 5. The van der Waals surface area contributed by atoms with E-state index in [1.165, 1.54) is 10.4 Å². The maximum Gasteiger partial charge on any atom is 0.228 e. The molecule has 6 nitrogen and oxygen atoms in total. The summed E-state index contributed by atoms with van der Waals surface area (Å²) < 4.78 is 0. The lowest BCUT2D eigenvalue weighted by Crippen LogP contribution is -2.41. The van der Waals surface area contributed by atoms with E-state index in [0.29, 0.717) is 12.2 Å². The Bertz CT molecular complexity index is 873. The van der Waals surface area contributed by atoms with Gasteiger partial charge in [-0.2, -0.15) is 0 Å². The molecule has 1 fully saturated rings. The van der Waals surface area contributed by atoms with Gasteiger partial charge in [0, 0.05) is 43.0 Å². The Morgan fingerprint density at radius 1 is 1.24 bits per heavy atom. The Hall–Kier alpha value is -2.25. The second-order valence-electron chi connectivity index (χ2n) is 8.01. The molecule has 29 heavy (non-hydrogen) atoms. The summed E-state index contributed by atoms with van der Waals surface area (Å²) in [6.45, 7) is 6.08. The molecule has 7 heteroatoms. The lowest BCUT2D eigenvalue weighted by molar-refractivity contribution is -0.132. The normalized spacial score (nSPS) is 17.8. The molecule has 4 heterocycles. The zero-order valence-electron chi connectivity index (χ0n) is 16.9. The molecule has 2 aromatic heterocycles. The Morgan fingerprint density at radius 3 is 2.86 bits per heavy atom. The minimum atomic E-state index is 0.0170. The molecule has 2 aliphatic heterocycles. The van der Waals surface area contributed by atoms with E-state index in [1.807, 2.05) is 24.0 Å². The maximum absolute atomic E-state index is 12.6. The van der Waals surface area contributed by atoms with Gasteiger partial charge in [0.25, 0.3) is 0 Å². The quantitative estimate of drug-likeness (QED) is 0.820. The number of pyridine rings is 1. The number of amides is 2. The fraction of sp³-hybridized carbons (Fsp3) is 0.500. The minimum Gasteiger partial charge on any atom is -0.338 e. The van der Waals surface area contributed by atoms with E-state index < -0.39 is 0 Å². The standard InChI is InChI=1S/C22H28N4O2S/c1-16-2-8-23-20(14-16)24-22(28)17-3-9-25(10-4-17)11-6-21(27)26-12-5-19-18(15-26)7-13-29-19/h2,7-8,13-14,17H,3-6,9-12,15H2,1H3,(H,23,24,28). The fourth-order valence-electron chi connectivity index (χ4n) is 4.12. The number of nitrogens with zero attached hydrogens (tertiary/aromatic N) is 3. The summed E-state index contributed by atoms with van der Waals surface area (Å²) in [5.41, 5.74) is 2.39. The van der Waals surface area contributed by atoms with Crippen LogP contribution in [0.3, 0.4) is 0 Å². The topological polar surface area (TPSA) is 65.5 Å². The van der Waals surface area contributed by atoms with Crippen LogP contribution in [0.4, 0.5) is 5.82 Å². The van der Waals surface area contributed by atoms with Crippen LogP contribution in [0.15, 0.2) is 29.8 Å². The first-order chi connectivity index (χ1) is 14.1. The highest BCUT2D eigenvalue weighted by molar-refractivity contribution is 7.10. The van der Waals surface area contributed by atoms with Gasteiger partial charge in [0.1, 0.15) is 5.82 Å². The molecule has 0 radical (unpaired) electrons. The van der Waals surface area contributed by atoms with E-state index >= 15 is 0 Å². The predicted octanol–water partition coefficient (Wildman–Crippen LogP) is 3.08. The van der Waals surface area contributed by atoms with Crippen LogP contribution < -0.4 is 5.32 Å². The number of fused-ring (bicyclic) bond motifs is 1. The molecule has 0 bridgehead atoms. The van der Waals surface area contributed by atoms with Gasteiger partial charge in [0.2, 0.25) is 11.8 Å². The number of nitrogens with one attached hydrogen (secondary N) is 1. The molecule has 0 atom stereocenters. The van der Waals surface area contributed by atoms with Gasteiger partial charge in [-0.25, -0.2) is 4.98 Å². The molecule has 2 amide bonds. The molecule has 0 unspecified atom stereocenters. The number of hydrogen-bond donors (Lipinski definition) is 1. The van der Waals surface area contributed by atoms with Crippen molar-refractivity contribution in [2.45, 2.75) is 39.2 Å². The summed E-state index contributed by atoms with van der Waals surface area (Å²) in [4.78, 5) is 35.1. The summed E-state index contributed by atoms with van der Waals surface area (Å²) in [6.07, 6.45) is 4.91. The molecule has 1 N–H and O–H groups in total. The summed E-state index contributed by atoms with van der Waals surface area (Å²) in [6, 6.07) is 5.94. The van der Waals surface area contributed by atoms with Crippen molar-refractivity contribution in [1.82, 2.24) is 14.8 Å². The zero-order valence-corrected chi connectivity index (χ0v) is 17.7. The van der Waals surface area contributed by atoms with E-state index in [2.05, 4.69) is 26.6 Å². The molecule has 154 valence electrons. The maximum atomic E-state index is 12.6. The average molecular weight is 413 g/mol. The number of carbonyl (C=O) groups excluding carboxylic acids is 2. The minimum absolute atomic E-state index is 0.0170. The van der Waals surface area contributed by atoms with Crippen molar-refractivity contribution in [1.29, 1.82) is 0 Å². The van der Waals surface area contributed by atoms with E-state index in [9.17, 15) is 9.59 Å². The van der Waals surface area contributed by atoms with E-state index in [-0.39, 0.29) is 17.7 Å². The Labute approximate surface area is 175 Å². The molecule has 1 saturated heterocycles. The number of piperidine rings is 1. The molecule has 2 aliphatic rings. The largest absolute Gasteiger partial charge is 0.338 e. The third-order valence-corrected chi connectivity index (χ3v) is 6.95. The lowest BCUT2D eigenvalue weighted by atomic mass is 9.95. The zero-order chi connectivity index (χ0) is 20.2. The van der Waals surface area contributed by atoms with Crippen LogP contribution in [-0.2, 0) is 22.6 Å². The van der Waals surface area contributed by atoms with Crippen LogP contribution in [0, 0.1) is 12.8 Å². The van der Waals surface area contributed by atoms with Crippen molar-refractivity contribution in [2.75, 3.05) is 31.5 Å². The molecule has 0 aromatic carbocycles. The molecule has 2 aromatic rings. The number of thiophene rings is 1. The SMILES string of the molecule is Cc1ccnc(NC(=O)C2CCN(CCC(=O)N3CCc4sccc4C3)CC2)c1. The second kappa shape index (κ2) is 9.05. The van der Waals surface area contributed by atoms with Gasteiger partial charge in [-0.3, -0.25) is 9.59 Å². The number of carbonyl (C=O) groups is 2. The van der Waals surface area contributed by atoms with Crippen LogP contribution in [0.2, 0.25) is 0 Å². The van der Waals surface area contributed by atoms with Crippen molar-refractivity contribution in [3.63, 3.8) is 0 Å². The van der Waals surface area contributed by atoms with Crippen LogP contribution in [-0.4, -0.2) is 52.8 Å². The molecule has 4 rings (SSSR count). The Balaban J connectivity index is 1.19. The average Bonchev–Trinajstić information content (AvgIpc) is 3.20. The van der Waals surface area contributed by atoms with Crippen LogP contribution >= 0.6 is 11.3 Å². The molecule has 0 aliphatic carbocycles. The first-order valence-electron chi connectivity index (χ1n) is 10.4. The molecule has 0 spiro atoms. The molecular formula is C22H28N4O2S. The number of hydrogen-bond acceptors (Lipinski definition) is 5. The highest BCUT2D eigenvalue weighted by atomic mass is 32.1. The monoisotopic (exact) mass is 412 g/mol. The van der Waals surface area contributed by atoms with Crippen molar-refractivity contribution in [3.05, 3.63) is 45.8 Å². The first-order valence-corrected chi connectivity index (χ1v) is 11.3. The third-order valence-electron chi connectivity index (χ3n) is 5.93. The van der Waals surface area contributed by atoms with Crippen molar-refractivity contribution in [3.8, 4) is 0 Å². The van der Waals surface area contributed by atoms with Gasteiger partial charge in [0.05, 0.1) is 0 Å². The number of anilines is 1. The van der Waals surface area contributed by atoms with Gasteiger partial charge in [-0.1, -0.05) is 0 Å². The highest BCUT2D eigenvalue weighted by Crippen LogP contribution is 2.25. The van der Waals surface area contributed by atoms with E-state index in [1.54, 1.807) is 17.5 Å². The highest BCUT2D eigenvalue weighted by Gasteiger charge is 2.26. The fourth-order valence-corrected chi connectivity index (χ4v) is 5.01. The second-order valence-corrected chi connectivity index (χ2v) is 9.01. The summed E-state index contributed by atoms with van der Waals surface area (Å²) in [7, 11) is 0. The van der Waals surface area contributed by atoms with Crippen LogP contribution in [0.1, 0.15) is 35.3 Å².